The van der Waals surface area contributed by atoms with Gasteiger partial charge in [-0.2, -0.15) is 0 Å². The van der Waals surface area contributed by atoms with Crippen LogP contribution in [0.15, 0.2) is 34.8 Å². The van der Waals surface area contributed by atoms with Gasteiger partial charge in [0, 0.05) is 10.0 Å². The van der Waals surface area contributed by atoms with Crippen molar-refractivity contribution >= 4 is 26.7 Å². The first-order valence-corrected chi connectivity index (χ1v) is 5.62. The maximum atomic E-state index is 5.29. The Labute approximate surface area is 102 Å². The minimum absolute atomic E-state index is 0.339. The summed E-state index contributed by atoms with van der Waals surface area (Å²) < 4.78 is 6.34. The monoisotopic (exact) mass is 281 g/mol. The zero-order chi connectivity index (χ0) is 11.5. The number of rotatable bonds is 3. The van der Waals surface area contributed by atoms with Gasteiger partial charge in [0.1, 0.15) is 5.75 Å². The molecule has 0 amide bonds. The van der Waals surface area contributed by atoms with E-state index in [4.69, 9.17) is 10.6 Å². The summed E-state index contributed by atoms with van der Waals surface area (Å²) >= 11 is 3.44. The molecule has 0 saturated heterocycles. The predicted molar refractivity (Wildman–Crippen MR) is 67.2 cm³/mol. The van der Waals surface area contributed by atoms with Crippen molar-refractivity contribution in [2.75, 3.05) is 7.11 Å². The second-order valence-electron chi connectivity index (χ2n) is 3.47. The summed E-state index contributed by atoms with van der Waals surface area (Å²) in [4.78, 5) is 4.66. The van der Waals surface area contributed by atoms with Crippen molar-refractivity contribution in [3.8, 4) is 5.75 Å². The molecule has 0 heterocycles. The Bertz CT molecular complexity index is 514. The third-order valence-electron chi connectivity index (χ3n) is 2.44. The van der Waals surface area contributed by atoms with Crippen LogP contribution in [-0.2, 0) is 11.4 Å². The van der Waals surface area contributed by atoms with Crippen molar-refractivity contribution in [2.24, 2.45) is 5.90 Å². The van der Waals surface area contributed by atoms with Gasteiger partial charge in [-0.1, -0.05) is 22.0 Å². The molecule has 0 atom stereocenters. The van der Waals surface area contributed by atoms with Crippen LogP contribution in [0.25, 0.3) is 10.8 Å². The third kappa shape index (κ3) is 2.19. The molecule has 0 radical (unpaired) electrons. The van der Waals surface area contributed by atoms with Gasteiger partial charge in [-0.05, 0) is 35.0 Å². The first-order chi connectivity index (χ1) is 7.74. The van der Waals surface area contributed by atoms with Crippen LogP contribution in [0.1, 0.15) is 5.56 Å². The standard InChI is InChI=1S/C12H12BrNO2/c1-15-12-6-8-2-3-11(13)5-9(8)4-10(12)7-16-14/h2-6H,7,14H2,1H3. The van der Waals surface area contributed by atoms with E-state index >= 15 is 0 Å². The second kappa shape index (κ2) is 4.82. The van der Waals surface area contributed by atoms with Gasteiger partial charge in [0.2, 0.25) is 0 Å². The second-order valence-corrected chi connectivity index (χ2v) is 4.38. The van der Waals surface area contributed by atoms with E-state index in [9.17, 15) is 0 Å². The Balaban J connectivity index is 2.60. The minimum Gasteiger partial charge on any atom is -0.496 e. The van der Waals surface area contributed by atoms with Crippen LogP contribution in [0.3, 0.4) is 0 Å². The molecule has 0 bridgehead atoms. The van der Waals surface area contributed by atoms with E-state index in [1.165, 1.54) is 0 Å². The average Bonchev–Trinajstić information content (AvgIpc) is 2.28. The predicted octanol–water partition coefficient (Wildman–Crippen LogP) is 3.00. The van der Waals surface area contributed by atoms with Gasteiger partial charge in [-0.15, -0.1) is 0 Å². The molecule has 0 fully saturated rings. The molecule has 0 saturated carbocycles. The van der Waals surface area contributed by atoms with Gasteiger partial charge in [0.25, 0.3) is 0 Å². The summed E-state index contributed by atoms with van der Waals surface area (Å²) in [5.41, 5.74) is 0.940. The highest BCUT2D eigenvalue weighted by Crippen LogP contribution is 2.28. The zero-order valence-electron chi connectivity index (χ0n) is 8.87. The molecule has 0 aliphatic rings. The molecule has 0 aromatic heterocycles. The largest absolute Gasteiger partial charge is 0.496 e. The SMILES string of the molecule is COc1cc2ccc(Br)cc2cc1CON. The molecule has 84 valence electrons. The summed E-state index contributed by atoms with van der Waals surface area (Å²) in [6.07, 6.45) is 0. The molecule has 0 unspecified atom stereocenters. The summed E-state index contributed by atoms with van der Waals surface area (Å²) in [6.45, 7) is 0.339. The van der Waals surface area contributed by atoms with Crippen LogP contribution in [0.4, 0.5) is 0 Å². The lowest BCUT2D eigenvalue weighted by molar-refractivity contribution is 0.122. The van der Waals surface area contributed by atoms with E-state index in [-0.39, 0.29) is 0 Å². The number of fused-ring (bicyclic) bond motifs is 1. The van der Waals surface area contributed by atoms with Crippen molar-refractivity contribution in [3.05, 3.63) is 40.4 Å². The van der Waals surface area contributed by atoms with Gasteiger partial charge in [0.15, 0.2) is 0 Å². The summed E-state index contributed by atoms with van der Waals surface area (Å²) in [7, 11) is 1.64. The molecule has 0 spiro atoms. The van der Waals surface area contributed by atoms with E-state index in [1.807, 2.05) is 24.3 Å². The van der Waals surface area contributed by atoms with E-state index in [1.54, 1.807) is 7.11 Å². The van der Waals surface area contributed by atoms with Gasteiger partial charge >= 0.3 is 0 Å². The Morgan fingerprint density at radius 3 is 2.69 bits per heavy atom. The number of nitrogens with two attached hydrogens (primary N) is 1. The van der Waals surface area contributed by atoms with Crippen LogP contribution in [-0.4, -0.2) is 7.11 Å². The fourth-order valence-electron chi connectivity index (χ4n) is 1.69. The number of hydrogen-bond donors (Lipinski definition) is 1. The number of halogens is 1. The Morgan fingerprint density at radius 2 is 2.00 bits per heavy atom. The summed E-state index contributed by atoms with van der Waals surface area (Å²) in [5, 5.41) is 2.25. The molecule has 2 aromatic rings. The van der Waals surface area contributed by atoms with Gasteiger partial charge < -0.3 is 4.74 Å². The van der Waals surface area contributed by atoms with Crippen LogP contribution < -0.4 is 10.6 Å². The van der Waals surface area contributed by atoms with E-state index in [0.29, 0.717) is 6.61 Å². The summed E-state index contributed by atoms with van der Waals surface area (Å²) in [5.74, 6) is 5.89. The molecule has 4 heteroatoms. The lowest BCUT2D eigenvalue weighted by Gasteiger charge is -2.09. The van der Waals surface area contributed by atoms with Crippen molar-refractivity contribution in [1.29, 1.82) is 0 Å². The molecule has 2 rings (SSSR count). The van der Waals surface area contributed by atoms with Crippen molar-refractivity contribution in [1.82, 2.24) is 0 Å². The Morgan fingerprint density at radius 1 is 1.19 bits per heavy atom. The highest BCUT2D eigenvalue weighted by atomic mass is 79.9. The highest BCUT2D eigenvalue weighted by molar-refractivity contribution is 9.10. The Hall–Kier alpha value is -1.10. The van der Waals surface area contributed by atoms with E-state index in [0.717, 1.165) is 26.6 Å². The molecular weight excluding hydrogens is 270 g/mol. The van der Waals surface area contributed by atoms with Crippen LogP contribution >= 0.6 is 15.9 Å². The topological polar surface area (TPSA) is 44.5 Å². The molecular formula is C12H12BrNO2. The third-order valence-corrected chi connectivity index (χ3v) is 2.93. The quantitative estimate of drug-likeness (QED) is 0.880. The van der Waals surface area contributed by atoms with Crippen LogP contribution in [0.5, 0.6) is 5.75 Å². The lowest BCUT2D eigenvalue weighted by atomic mass is 10.1. The van der Waals surface area contributed by atoms with Crippen molar-refractivity contribution in [3.63, 3.8) is 0 Å². The summed E-state index contributed by atoms with van der Waals surface area (Å²) in [6, 6.07) is 10.1. The molecule has 0 aliphatic heterocycles. The fraction of sp³-hybridized carbons (Fsp3) is 0.167. The molecule has 2 aromatic carbocycles. The van der Waals surface area contributed by atoms with Gasteiger partial charge in [-0.3, -0.25) is 4.84 Å². The molecule has 0 aliphatic carbocycles. The van der Waals surface area contributed by atoms with E-state index in [2.05, 4.69) is 26.8 Å². The highest BCUT2D eigenvalue weighted by Gasteiger charge is 2.05. The van der Waals surface area contributed by atoms with Crippen LogP contribution in [0.2, 0.25) is 0 Å². The number of benzene rings is 2. The average molecular weight is 282 g/mol. The van der Waals surface area contributed by atoms with Gasteiger partial charge in [0.05, 0.1) is 13.7 Å². The Kier molecular flexibility index (Phi) is 3.43. The van der Waals surface area contributed by atoms with Gasteiger partial charge in [-0.25, -0.2) is 5.90 Å². The molecule has 3 nitrogen and oxygen atoms in total. The maximum absolute atomic E-state index is 5.29. The minimum atomic E-state index is 0.339. The first-order valence-electron chi connectivity index (χ1n) is 4.82. The number of methoxy groups -OCH3 is 1. The lowest BCUT2D eigenvalue weighted by Crippen LogP contribution is -2.01. The number of hydrogen-bond acceptors (Lipinski definition) is 3. The van der Waals surface area contributed by atoms with E-state index < -0.39 is 0 Å². The number of ether oxygens (including phenoxy) is 1. The first kappa shape index (κ1) is 11.4. The van der Waals surface area contributed by atoms with Crippen molar-refractivity contribution < 1.29 is 9.57 Å². The maximum Gasteiger partial charge on any atom is 0.125 e. The smallest absolute Gasteiger partial charge is 0.125 e. The normalized spacial score (nSPS) is 10.7. The fourth-order valence-corrected chi connectivity index (χ4v) is 2.07. The van der Waals surface area contributed by atoms with Crippen molar-refractivity contribution in [2.45, 2.75) is 6.61 Å². The zero-order valence-corrected chi connectivity index (χ0v) is 10.5. The molecule has 2 N–H and O–H groups in total. The van der Waals surface area contributed by atoms with Crippen LogP contribution in [0, 0.1) is 0 Å². The molecule has 16 heavy (non-hydrogen) atoms.